The second-order valence-corrected chi connectivity index (χ2v) is 11.0. The number of hydrogen-bond acceptors (Lipinski definition) is 7. The van der Waals surface area contributed by atoms with E-state index in [9.17, 15) is 23.1 Å². The van der Waals surface area contributed by atoms with Crippen LogP contribution in [0, 0.1) is 5.92 Å². The first-order valence-corrected chi connectivity index (χ1v) is 13.2. The molecule has 3 aliphatic rings. The predicted octanol–water partition coefficient (Wildman–Crippen LogP) is 6.44. The van der Waals surface area contributed by atoms with Crippen LogP contribution in [0.15, 0.2) is 44.5 Å². The van der Waals surface area contributed by atoms with Gasteiger partial charge in [0.25, 0.3) is 0 Å². The number of carboxylic acid groups (broad SMARTS) is 1. The number of halogens is 5. The average molecular weight is 597 g/mol. The lowest BCUT2D eigenvalue weighted by Gasteiger charge is -2.37. The van der Waals surface area contributed by atoms with Gasteiger partial charge in [-0.05, 0) is 37.5 Å². The number of carboxylic acids is 1. The molecule has 3 atom stereocenters. The van der Waals surface area contributed by atoms with Crippen LogP contribution in [0.5, 0.6) is 0 Å². The maximum absolute atomic E-state index is 13.5. The Morgan fingerprint density at radius 3 is 2.60 bits per heavy atom. The lowest BCUT2D eigenvalue weighted by Crippen LogP contribution is -2.42. The van der Waals surface area contributed by atoms with Crippen molar-refractivity contribution < 1.29 is 41.9 Å². The van der Waals surface area contributed by atoms with Gasteiger partial charge in [0, 0.05) is 35.0 Å². The van der Waals surface area contributed by atoms with Crippen LogP contribution in [0.2, 0.25) is 10.0 Å². The van der Waals surface area contributed by atoms with Gasteiger partial charge in [-0.15, -0.1) is 5.73 Å². The number of fused-ring (bicyclic) bond motifs is 2. The van der Waals surface area contributed by atoms with Gasteiger partial charge in [0.15, 0.2) is 5.60 Å². The van der Waals surface area contributed by atoms with E-state index in [0.717, 1.165) is 12.8 Å². The molecule has 8 nitrogen and oxygen atoms in total. The minimum absolute atomic E-state index is 0.106. The third kappa shape index (κ3) is 4.65. The number of aliphatic hydroxyl groups is 1. The van der Waals surface area contributed by atoms with Crippen molar-refractivity contribution in [2.45, 2.75) is 62.5 Å². The van der Waals surface area contributed by atoms with Gasteiger partial charge in [-0.1, -0.05) is 34.4 Å². The van der Waals surface area contributed by atoms with Crippen LogP contribution in [0.3, 0.4) is 0 Å². The number of carbonyl (C=O) groups is 1. The zero-order chi connectivity index (χ0) is 28.4. The minimum atomic E-state index is -4.98. The number of ether oxygens (including phenoxy) is 1. The van der Waals surface area contributed by atoms with E-state index < -0.39 is 53.5 Å². The molecule has 3 aromatic rings. The molecule has 40 heavy (non-hydrogen) atoms. The third-order valence-electron chi connectivity index (χ3n) is 7.43. The maximum atomic E-state index is 13.5. The van der Waals surface area contributed by atoms with Gasteiger partial charge in [0.2, 0.25) is 11.7 Å². The molecule has 210 valence electrons. The van der Waals surface area contributed by atoms with E-state index >= 15 is 0 Å². The van der Waals surface area contributed by atoms with E-state index in [2.05, 4.69) is 15.9 Å². The normalized spacial score (nSPS) is 24.0. The second kappa shape index (κ2) is 9.78. The van der Waals surface area contributed by atoms with Crippen LogP contribution in [-0.4, -0.2) is 32.4 Å². The summed E-state index contributed by atoms with van der Waals surface area (Å²) in [5.41, 5.74) is 2.11. The molecule has 6 rings (SSSR count). The molecule has 3 aliphatic carbocycles. The van der Waals surface area contributed by atoms with Crippen LogP contribution in [0.25, 0.3) is 11.3 Å². The van der Waals surface area contributed by atoms with Crippen LogP contribution in [-0.2, 0) is 34.3 Å². The molecule has 2 fully saturated rings. The summed E-state index contributed by atoms with van der Waals surface area (Å²) in [6.07, 6.45) is -2.61. The highest BCUT2D eigenvalue weighted by molar-refractivity contribution is 6.39. The first kappa shape index (κ1) is 27.1. The fourth-order valence-electron chi connectivity index (χ4n) is 5.37. The van der Waals surface area contributed by atoms with Crippen molar-refractivity contribution in [3.63, 3.8) is 0 Å². The van der Waals surface area contributed by atoms with E-state index in [0.29, 0.717) is 32.6 Å². The molecule has 0 saturated heterocycles. The molecule has 2 saturated carbocycles. The third-order valence-corrected chi connectivity index (χ3v) is 8.06. The molecule has 0 aliphatic heterocycles. The standard InChI is InChI=1S/C27H21Cl2F3N2O6/c28-17-2-1-3-18(29)21(17)22-16(23(40-34-22)12-4-5-12)11-38-15-8-13-6-7-14(9-15)26(13,37)25-33-19(10-20(35)36)24(39-25)27(30,31)32/h1-3,6,12-13,15,37H,4-5,8-11H2,(H,35,36)/t13-,15-,26+/m1/s1. The van der Waals surface area contributed by atoms with Gasteiger partial charge in [-0.2, -0.15) is 13.2 Å². The van der Waals surface area contributed by atoms with E-state index in [1.165, 1.54) is 0 Å². The summed E-state index contributed by atoms with van der Waals surface area (Å²) in [7, 11) is 0. The van der Waals surface area contributed by atoms with E-state index in [4.69, 9.17) is 42.0 Å². The van der Waals surface area contributed by atoms with Crippen molar-refractivity contribution in [1.82, 2.24) is 10.1 Å². The number of alkyl halides is 3. The lowest BCUT2D eigenvalue weighted by molar-refractivity contribution is -0.156. The van der Waals surface area contributed by atoms with Gasteiger partial charge in [-0.25, -0.2) is 4.98 Å². The number of oxazole rings is 1. The van der Waals surface area contributed by atoms with Crippen LogP contribution in [0.1, 0.15) is 60.3 Å². The molecule has 2 heterocycles. The average Bonchev–Trinajstić information content (AvgIpc) is 3.46. The Hall–Kier alpha value is -3.08. The molecular weight excluding hydrogens is 576 g/mol. The number of hydrogen-bond donors (Lipinski definition) is 2. The summed E-state index contributed by atoms with van der Waals surface area (Å²) in [5.74, 6) is -3.49. The molecule has 0 spiro atoms. The van der Waals surface area contributed by atoms with Crippen molar-refractivity contribution in [3.8, 4) is 11.3 Å². The number of nitrogens with zero attached hydrogens (tertiary/aromatic N) is 2. The highest BCUT2D eigenvalue weighted by atomic mass is 35.5. The number of rotatable bonds is 8. The van der Waals surface area contributed by atoms with Gasteiger partial charge >= 0.3 is 12.1 Å². The molecule has 2 bridgehead atoms. The van der Waals surface area contributed by atoms with E-state index in [1.54, 1.807) is 24.3 Å². The van der Waals surface area contributed by atoms with Gasteiger partial charge in [-0.3, -0.25) is 4.79 Å². The van der Waals surface area contributed by atoms with Gasteiger partial charge in [0.05, 0.1) is 29.2 Å². The minimum Gasteiger partial charge on any atom is -0.481 e. The molecule has 0 radical (unpaired) electrons. The topological polar surface area (TPSA) is 119 Å². The SMILES string of the molecule is O=C(O)Cc1nc([C@@]2(O)C3=C=C[C@@H]2C[C@@H](OCc2c(-c4c(Cl)cccc4Cl)noc2C2CC2)C3)oc1C(F)(F)F. The van der Waals surface area contributed by atoms with Crippen LogP contribution < -0.4 is 0 Å². The highest BCUT2D eigenvalue weighted by Gasteiger charge is 2.54. The fraction of sp³-hybridized carbons (Fsp3) is 0.407. The van der Waals surface area contributed by atoms with E-state index in [1.807, 2.05) is 0 Å². The number of aromatic nitrogens is 2. The summed E-state index contributed by atoms with van der Waals surface area (Å²) >= 11 is 12.9. The number of benzene rings is 1. The van der Waals surface area contributed by atoms with Crippen LogP contribution in [0.4, 0.5) is 13.2 Å². The Kier molecular flexibility index (Phi) is 6.63. The molecule has 2 aromatic heterocycles. The Balaban J connectivity index is 1.24. The van der Waals surface area contributed by atoms with Gasteiger partial charge in [0.1, 0.15) is 17.1 Å². The molecular formula is C27H21Cl2F3N2O6. The Morgan fingerprint density at radius 1 is 1.25 bits per heavy atom. The van der Waals surface area contributed by atoms with E-state index in [-0.39, 0.29) is 30.9 Å². The fourth-order valence-corrected chi connectivity index (χ4v) is 5.94. The molecule has 0 unspecified atom stereocenters. The molecule has 0 amide bonds. The first-order chi connectivity index (χ1) is 19.0. The second-order valence-electron chi connectivity index (χ2n) is 10.1. The van der Waals surface area contributed by atoms with Gasteiger partial charge < -0.3 is 23.9 Å². The summed E-state index contributed by atoms with van der Waals surface area (Å²) < 4.78 is 57.5. The quantitative estimate of drug-likeness (QED) is 0.285. The summed E-state index contributed by atoms with van der Waals surface area (Å²) in [6, 6.07) is 5.12. The van der Waals surface area contributed by atoms with Crippen molar-refractivity contribution in [1.29, 1.82) is 0 Å². The monoisotopic (exact) mass is 596 g/mol. The predicted molar refractivity (Wildman–Crippen MR) is 134 cm³/mol. The smallest absolute Gasteiger partial charge is 0.451 e. The maximum Gasteiger partial charge on any atom is 0.451 e. The van der Waals surface area contributed by atoms with Crippen molar-refractivity contribution in [2.75, 3.05) is 0 Å². The number of aliphatic carboxylic acids is 1. The summed E-state index contributed by atoms with van der Waals surface area (Å²) in [5, 5.41) is 25.6. The first-order valence-electron chi connectivity index (χ1n) is 12.5. The Morgan fingerprint density at radius 2 is 1.98 bits per heavy atom. The lowest BCUT2D eigenvalue weighted by atomic mass is 9.74. The van der Waals surface area contributed by atoms with Crippen molar-refractivity contribution in [3.05, 3.63) is 74.3 Å². The van der Waals surface area contributed by atoms with Crippen LogP contribution >= 0.6 is 23.2 Å². The zero-order valence-electron chi connectivity index (χ0n) is 20.6. The molecule has 13 heteroatoms. The van der Waals surface area contributed by atoms with Crippen molar-refractivity contribution in [2.24, 2.45) is 5.92 Å². The molecule has 2 N–H and O–H groups in total. The molecule has 1 aromatic carbocycles. The Labute approximate surface area is 235 Å². The van der Waals surface area contributed by atoms with Crippen molar-refractivity contribution >= 4 is 29.2 Å². The zero-order valence-corrected chi connectivity index (χ0v) is 22.1. The summed E-state index contributed by atoms with van der Waals surface area (Å²) in [4.78, 5) is 14.9. The summed E-state index contributed by atoms with van der Waals surface area (Å²) in [6.45, 7) is 0.106. The largest absolute Gasteiger partial charge is 0.481 e. The highest BCUT2D eigenvalue weighted by Crippen LogP contribution is 2.51. The Bertz CT molecular complexity index is 1550.